The number of benzene rings is 1. The van der Waals surface area contributed by atoms with Crippen molar-refractivity contribution in [1.82, 2.24) is 9.80 Å². The summed E-state index contributed by atoms with van der Waals surface area (Å²) in [5.41, 5.74) is 0.834. The number of likely N-dealkylation sites (tertiary alicyclic amines) is 1. The van der Waals surface area contributed by atoms with Gasteiger partial charge >= 0.3 is 0 Å². The van der Waals surface area contributed by atoms with E-state index in [1.807, 2.05) is 9.80 Å². The molecule has 152 valence electrons. The molecule has 2 aliphatic rings. The van der Waals surface area contributed by atoms with Crippen molar-refractivity contribution >= 4 is 23.1 Å². The average molecular weight is 388 g/mol. The molecule has 0 radical (unpaired) electrons. The van der Waals surface area contributed by atoms with E-state index >= 15 is 0 Å². The Labute approximate surface area is 165 Å². The van der Waals surface area contributed by atoms with Crippen molar-refractivity contribution in [1.29, 1.82) is 0 Å². The van der Waals surface area contributed by atoms with Gasteiger partial charge in [-0.05, 0) is 45.2 Å². The molecule has 2 aliphatic heterocycles. The summed E-state index contributed by atoms with van der Waals surface area (Å²) in [6.45, 7) is 7.35. The average Bonchev–Trinajstić information content (AvgIpc) is 2.68. The van der Waals surface area contributed by atoms with E-state index in [4.69, 9.17) is 0 Å². The van der Waals surface area contributed by atoms with E-state index in [9.17, 15) is 19.7 Å². The maximum Gasteiger partial charge on any atom is 0.293 e. The highest BCUT2D eigenvalue weighted by atomic mass is 16.6. The van der Waals surface area contributed by atoms with Crippen LogP contribution in [0.5, 0.6) is 0 Å². The molecule has 2 heterocycles. The number of amides is 1. The molecule has 8 nitrogen and oxygen atoms in total. The van der Waals surface area contributed by atoms with Gasteiger partial charge < -0.3 is 9.80 Å². The smallest absolute Gasteiger partial charge is 0.293 e. The number of rotatable bonds is 5. The van der Waals surface area contributed by atoms with Crippen LogP contribution in [-0.4, -0.2) is 71.7 Å². The van der Waals surface area contributed by atoms with Gasteiger partial charge in [-0.3, -0.25) is 24.6 Å². The first kappa shape index (κ1) is 20.3. The molecule has 0 aromatic heterocycles. The molecule has 0 N–H and O–H groups in total. The summed E-state index contributed by atoms with van der Waals surface area (Å²) in [4.78, 5) is 41.3. The lowest BCUT2D eigenvalue weighted by molar-refractivity contribution is -0.384. The van der Waals surface area contributed by atoms with Gasteiger partial charge in [0.1, 0.15) is 5.69 Å². The van der Waals surface area contributed by atoms with Crippen LogP contribution in [0.2, 0.25) is 0 Å². The summed E-state index contributed by atoms with van der Waals surface area (Å²) in [5, 5.41) is 11.5. The monoisotopic (exact) mass is 388 g/mol. The van der Waals surface area contributed by atoms with Crippen LogP contribution in [0, 0.1) is 10.1 Å². The van der Waals surface area contributed by atoms with Gasteiger partial charge in [-0.1, -0.05) is 0 Å². The van der Waals surface area contributed by atoms with Crippen molar-refractivity contribution in [3.05, 3.63) is 33.9 Å². The number of carbonyl (C=O) groups excluding carboxylic acids is 2. The van der Waals surface area contributed by atoms with Crippen LogP contribution < -0.4 is 4.90 Å². The molecule has 0 saturated carbocycles. The van der Waals surface area contributed by atoms with E-state index in [0.717, 1.165) is 19.4 Å². The molecule has 0 aliphatic carbocycles. The lowest BCUT2D eigenvalue weighted by atomic mass is 10.0. The number of anilines is 1. The zero-order valence-corrected chi connectivity index (χ0v) is 16.6. The Hall–Kier alpha value is -2.48. The number of nitro benzene ring substituents is 1. The lowest BCUT2D eigenvalue weighted by Gasteiger charge is -2.38. The SMILES string of the molecule is CC(=O)c1ccc(N2CCN(CC(=O)N3CCCC[C@H]3C)CC2)c([N+](=O)[O-])c1. The predicted octanol–water partition coefficient (Wildman–Crippen LogP) is 2.32. The van der Waals surface area contributed by atoms with Gasteiger partial charge in [-0.15, -0.1) is 0 Å². The number of ketones is 1. The normalized spacial score (nSPS) is 20.9. The minimum atomic E-state index is -0.435. The molecule has 0 bridgehead atoms. The molecule has 1 aromatic carbocycles. The number of hydrogen-bond acceptors (Lipinski definition) is 6. The van der Waals surface area contributed by atoms with Gasteiger partial charge in [-0.2, -0.15) is 0 Å². The van der Waals surface area contributed by atoms with Crippen molar-refractivity contribution in [2.24, 2.45) is 0 Å². The Kier molecular flexibility index (Phi) is 6.28. The van der Waals surface area contributed by atoms with Gasteiger partial charge in [0.25, 0.3) is 5.69 Å². The number of nitrogens with zero attached hydrogens (tertiary/aromatic N) is 4. The number of piperidine rings is 1. The number of piperazine rings is 1. The highest BCUT2D eigenvalue weighted by Gasteiger charge is 2.28. The maximum absolute atomic E-state index is 12.6. The van der Waals surface area contributed by atoms with Gasteiger partial charge in [0.2, 0.25) is 5.91 Å². The first-order valence-electron chi connectivity index (χ1n) is 9.93. The third-order valence-corrected chi connectivity index (χ3v) is 5.77. The minimum absolute atomic E-state index is 0.0423. The summed E-state index contributed by atoms with van der Waals surface area (Å²) in [5.74, 6) is -0.0117. The molecule has 1 atom stereocenters. The van der Waals surface area contributed by atoms with Gasteiger partial charge in [0, 0.05) is 50.4 Å². The van der Waals surface area contributed by atoms with Gasteiger partial charge in [0.15, 0.2) is 5.78 Å². The molecular formula is C20H28N4O4. The summed E-state index contributed by atoms with van der Waals surface area (Å²) < 4.78 is 0. The summed E-state index contributed by atoms with van der Waals surface area (Å²) in [7, 11) is 0. The van der Waals surface area contributed by atoms with E-state index in [0.29, 0.717) is 50.0 Å². The molecule has 2 fully saturated rings. The predicted molar refractivity (Wildman–Crippen MR) is 107 cm³/mol. The third kappa shape index (κ3) is 4.49. The second kappa shape index (κ2) is 8.68. The largest absolute Gasteiger partial charge is 0.363 e. The van der Waals surface area contributed by atoms with Gasteiger partial charge in [0.05, 0.1) is 11.5 Å². The van der Waals surface area contributed by atoms with Crippen molar-refractivity contribution < 1.29 is 14.5 Å². The number of hydrogen-bond donors (Lipinski definition) is 0. The molecular weight excluding hydrogens is 360 g/mol. The molecule has 28 heavy (non-hydrogen) atoms. The fourth-order valence-electron chi connectivity index (χ4n) is 4.05. The van der Waals surface area contributed by atoms with Crippen LogP contribution in [0.15, 0.2) is 18.2 Å². The molecule has 8 heteroatoms. The van der Waals surface area contributed by atoms with Crippen LogP contribution in [0.25, 0.3) is 0 Å². The summed E-state index contributed by atoms with van der Waals surface area (Å²) >= 11 is 0. The number of Topliss-reactive ketones (excluding diaryl/α,β-unsaturated/α-hetero) is 1. The van der Waals surface area contributed by atoms with Crippen molar-refractivity contribution in [2.45, 2.75) is 39.2 Å². The van der Waals surface area contributed by atoms with Crippen molar-refractivity contribution in [3.63, 3.8) is 0 Å². The Morgan fingerprint density at radius 3 is 2.46 bits per heavy atom. The number of carbonyl (C=O) groups is 2. The maximum atomic E-state index is 12.6. The highest BCUT2D eigenvalue weighted by molar-refractivity contribution is 5.95. The fraction of sp³-hybridized carbons (Fsp3) is 0.600. The molecule has 2 saturated heterocycles. The Bertz CT molecular complexity index is 759. The van der Waals surface area contributed by atoms with Crippen LogP contribution >= 0.6 is 0 Å². The van der Waals surface area contributed by atoms with E-state index < -0.39 is 4.92 Å². The van der Waals surface area contributed by atoms with E-state index in [2.05, 4.69) is 11.8 Å². The van der Waals surface area contributed by atoms with Crippen LogP contribution in [0.1, 0.15) is 43.5 Å². The lowest BCUT2D eigenvalue weighted by Crippen LogP contribution is -2.52. The summed E-state index contributed by atoms with van der Waals surface area (Å²) in [6.07, 6.45) is 3.33. The first-order valence-corrected chi connectivity index (χ1v) is 9.93. The molecule has 0 spiro atoms. The van der Waals surface area contributed by atoms with Crippen LogP contribution in [-0.2, 0) is 4.79 Å². The fourth-order valence-corrected chi connectivity index (χ4v) is 4.05. The first-order chi connectivity index (χ1) is 13.4. The van der Waals surface area contributed by atoms with E-state index in [1.54, 1.807) is 12.1 Å². The second-order valence-corrected chi connectivity index (χ2v) is 7.71. The van der Waals surface area contributed by atoms with Crippen molar-refractivity contribution in [2.75, 3.05) is 44.2 Å². The summed E-state index contributed by atoms with van der Waals surface area (Å²) in [6, 6.07) is 4.96. The second-order valence-electron chi connectivity index (χ2n) is 7.71. The zero-order valence-electron chi connectivity index (χ0n) is 16.6. The minimum Gasteiger partial charge on any atom is -0.363 e. The van der Waals surface area contributed by atoms with Crippen molar-refractivity contribution in [3.8, 4) is 0 Å². The quantitative estimate of drug-likeness (QED) is 0.437. The molecule has 1 amide bonds. The standard InChI is InChI=1S/C20H28N4O4/c1-15-5-3-4-8-23(15)20(26)14-21-9-11-22(12-10-21)18-7-6-17(16(2)25)13-19(18)24(27)28/h6-7,13,15H,3-5,8-12,14H2,1-2H3/t15-/m1/s1. The third-order valence-electron chi connectivity index (χ3n) is 5.77. The van der Waals surface area contributed by atoms with E-state index in [-0.39, 0.29) is 17.4 Å². The molecule has 1 aromatic rings. The van der Waals surface area contributed by atoms with Crippen LogP contribution in [0.4, 0.5) is 11.4 Å². The number of nitro groups is 1. The van der Waals surface area contributed by atoms with E-state index in [1.165, 1.54) is 19.4 Å². The van der Waals surface area contributed by atoms with Gasteiger partial charge in [-0.25, -0.2) is 0 Å². The topological polar surface area (TPSA) is 87.0 Å². The molecule has 0 unspecified atom stereocenters. The molecule has 3 rings (SSSR count). The Morgan fingerprint density at radius 1 is 1.14 bits per heavy atom. The highest BCUT2D eigenvalue weighted by Crippen LogP contribution is 2.30. The Balaban J connectivity index is 1.61. The van der Waals surface area contributed by atoms with Crippen LogP contribution in [0.3, 0.4) is 0 Å². The zero-order chi connectivity index (χ0) is 20.3. The Morgan fingerprint density at radius 2 is 1.86 bits per heavy atom.